The number of amidine groups is 1. The second kappa shape index (κ2) is 4.65. The Balaban J connectivity index is 2.03. The summed E-state index contributed by atoms with van der Waals surface area (Å²) in [6.45, 7) is 5.03. The van der Waals surface area contributed by atoms with Crippen LogP contribution in [-0.2, 0) is 13.1 Å². The van der Waals surface area contributed by atoms with Gasteiger partial charge in [-0.25, -0.2) is 4.98 Å². The van der Waals surface area contributed by atoms with Gasteiger partial charge in [0.05, 0.1) is 12.4 Å². The molecule has 1 aromatic rings. The summed E-state index contributed by atoms with van der Waals surface area (Å²) in [4.78, 5) is 6.72. The smallest absolute Gasteiger partial charge is 0.122 e. The van der Waals surface area contributed by atoms with Crippen LogP contribution in [0.2, 0.25) is 0 Å². The van der Waals surface area contributed by atoms with Crippen molar-refractivity contribution in [2.75, 3.05) is 6.54 Å². The molecule has 0 saturated carbocycles. The van der Waals surface area contributed by atoms with Crippen LogP contribution in [0.25, 0.3) is 0 Å². The van der Waals surface area contributed by atoms with Gasteiger partial charge >= 0.3 is 0 Å². The van der Waals surface area contributed by atoms with Crippen LogP contribution in [0.1, 0.15) is 25.6 Å². The van der Waals surface area contributed by atoms with E-state index in [1.807, 2.05) is 12.4 Å². The van der Waals surface area contributed by atoms with Crippen molar-refractivity contribution < 1.29 is 0 Å². The molecule has 1 atom stereocenters. The number of nitrogens with zero attached hydrogens (tertiary/aromatic N) is 3. The summed E-state index contributed by atoms with van der Waals surface area (Å²) < 4.78 is 2.19. The van der Waals surface area contributed by atoms with Crippen LogP contribution in [0.3, 0.4) is 0 Å². The third kappa shape index (κ3) is 2.24. The number of rotatable bonds is 4. The SMILES string of the molecule is CCC(CC(=N)N)N1CCn2ccnc2C1. The highest BCUT2D eigenvalue weighted by molar-refractivity contribution is 5.77. The van der Waals surface area contributed by atoms with Crippen LogP contribution >= 0.6 is 0 Å². The molecule has 1 unspecified atom stereocenters. The van der Waals surface area contributed by atoms with Gasteiger partial charge in [-0.1, -0.05) is 6.92 Å². The topological polar surface area (TPSA) is 70.9 Å². The second-order valence-corrected chi connectivity index (χ2v) is 4.30. The van der Waals surface area contributed by atoms with E-state index in [1.54, 1.807) is 0 Å². The lowest BCUT2D eigenvalue weighted by atomic mass is 10.1. The van der Waals surface area contributed by atoms with Crippen molar-refractivity contribution >= 4 is 5.84 Å². The number of hydrogen-bond acceptors (Lipinski definition) is 3. The minimum Gasteiger partial charge on any atom is -0.388 e. The lowest BCUT2D eigenvalue weighted by Gasteiger charge is -2.34. The van der Waals surface area contributed by atoms with E-state index in [9.17, 15) is 0 Å². The van der Waals surface area contributed by atoms with Crippen LogP contribution in [-0.4, -0.2) is 32.9 Å². The molecule has 0 spiro atoms. The molecule has 5 nitrogen and oxygen atoms in total. The third-order valence-corrected chi connectivity index (χ3v) is 3.22. The van der Waals surface area contributed by atoms with Gasteiger partial charge in [-0.05, 0) is 6.42 Å². The van der Waals surface area contributed by atoms with Crippen LogP contribution < -0.4 is 5.73 Å². The van der Waals surface area contributed by atoms with Gasteiger partial charge in [-0.15, -0.1) is 0 Å². The molecule has 1 aromatic heterocycles. The summed E-state index contributed by atoms with van der Waals surface area (Å²) in [5, 5.41) is 7.39. The average Bonchev–Trinajstić information content (AvgIpc) is 2.72. The number of aromatic nitrogens is 2. The molecule has 0 bridgehead atoms. The van der Waals surface area contributed by atoms with Gasteiger partial charge in [0.1, 0.15) is 5.82 Å². The quantitative estimate of drug-likeness (QED) is 0.583. The summed E-state index contributed by atoms with van der Waals surface area (Å²) >= 11 is 0. The van der Waals surface area contributed by atoms with E-state index in [0.717, 1.165) is 31.9 Å². The first-order valence-electron chi connectivity index (χ1n) is 5.77. The molecule has 2 heterocycles. The maximum absolute atomic E-state index is 7.39. The van der Waals surface area contributed by atoms with Crippen molar-refractivity contribution in [3.8, 4) is 0 Å². The normalized spacial score (nSPS) is 18.1. The molecule has 0 saturated heterocycles. The first-order valence-corrected chi connectivity index (χ1v) is 5.77. The van der Waals surface area contributed by atoms with Gasteiger partial charge in [-0.3, -0.25) is 10.3 Å². The number of hydrogen-bond donors (Lipinski definition) is 2. The molecule has 5 heteroatoms. The molecule has 1 aliphatic rings. The third-order valence-electron chi connectivity index (χ3n) is 3.22. The Morgan fingerprint density at radius 1 is 1.62 bits per heavy atom. The molecule has 1 aliphatic heterocycles. The molecular weight excluding hydrogens is 202 g/mol. The van der Waals surface area contributed by atoms with Gasteiger partial charge in [-0.2, -0.15) is 0 Å². The Labute approximate surface area is 95.8 Å². The molecule has 3 N–H and O–H groups in total. The zero-order chi connectivity index (χ0) is 11.5. The zero-order valence-electron chi connectivity index (χ0n) is 9.69. The maximum atomic E-state index is 7.39. The van der Waals surface area contributed by atoms with Crippen molar-refractivity contribution in [3.63, 3.8) is 0 Å². The zero-order valence-corrected chi connectivity index (χ0v) is 9.69. The van der Waals surface area contributed by atoms with E-state index < -0.39 is 0 Å². The highest BCUT2D eigenvalue weighted by atomic mass is 15.2. The van der Waals surface area contributed by atoms with E-state index >= 15 is 0 Å². The van der Waals surface area contributed by atoms with E-state index in [2.05, 4.69) is 21.4 Å². The Hall–Kier alpha value is -1.36. The van der Waals surface area contributed by atoms with Gasteiger partial charge in [0, 0.05) is 37.9 Å². The lowest BCUT2D eigenvalue weighted by Crippen LogP contribution is -2.42. The van der Waals surface area contributed by atoms with Gasteiger partial charge in [0.2, 0.25) is 0 Å². The number of nitrogens with two attached hydrogens (primary N) is 1. The molecular formula is C11H19N5. The molecule has 2 rings (SSSR count). The number of nitrogens with one attached hydrogen (secondary N) is 1. The lowest BCUT2D eigenvalue weighted by molar-refractivity contribution is 0.151. The summed E-state index contributed by atoms with van der Waals surface area (Å²) in [7, 11) is 0. The highest BCUT2D eigenvalue weighted by Gasteiger charge is 2.23. The Morgan fingerprint density at radius 3 is 3.12 bits per heavy atom. The van der Waals surface area contributed by atoms with Gasteiger partial charge in [0.15, 0.2) is 0 Å². The standard InChI is InChI=1S/C11H19N5/c1-2-9(7-10(12)13)16-6-5-15-4-3-14-11(15)8-16/h3-4,9H,2,5-8H2,1H3,(H3,12,13). The monoisotopic (exact) mass is 221 g/mol. The Kier molecular flexibility index (Phi) is 3.24. The number of fused-ring (bicyclic) bond motifs is 1. The van der Waals surface area contributed by atoms with Crippen LogP contribution in [0.15, 0.2) is 12.4 Å². The van der Waals surface area contributed by atoms with Gasteiger partial charge in [0.25, 0.3) is 0 Å². The van der Waals surface area contributed by atoms with Crippen LogP contribution in [0.5, 0.6) is 0 Å². The largest absolute Gasteiger partial charge is 0.388 e. The fraction of sp³-hybridized carbons (Fsp3) is 0.636. The van der Waals surface area contributed by atoms with E-state index in [-0.39, 0.29) is 5.84 Å². The fourth-order valence-electron chi connectivity index (χ4n) is 2.29. The molecule has 0 fully saturated rings. The predicted molar refractivity (Wildman–Crippen MR) is 63.2 cm³/mol. The Morgan fingerprint density at radius 2 is 2.44 bits per heavy atom. The van der Waals surface area contributed by atoms with Gasteiger partial charge < -0.3 is 10.3 Å². The van der Waals surface area contributed by atoms with Crippen molar-refractivity contribution in [2.24, 2.45) is 5.73 Å². The summed E-state index contributed by atoms with van der Waals surface area (Å²) in [5.41, 5.74) is 5.49. The van der Waals surface area contributed by atoms with E-state index in [0.29, 0.717) is 12.5 Å². The fourth-order valence-corrected chi connectivity index (χ4v) is 2.29. The molecule has 0 aliphatic carbocycles. The van der Waals surface area contributed by atoms with E-state index in [4.69, 9.17) is 11.1 Å². The van der Waals surface area contributed by atoms with E-state index in [1.165, 1.54) is 0 Å². The first-order chi connectivity index (χ1) is 7.70. The van der Waals surface area contributed by atoms with Crippen molar-refractivity contribution in [3.05, 3.63) is 18.2 Å². The highest BCUT2D eigenvalue weighted by Crippen LogP contribution is 2.16. The Bertz CT molecular complexity index is 370. The van der Waals surface area contributed by atoms with Crippen molar-refractivity contribution in [2.45, 2.75) is 38.9 Å². The van der Waals surface area contributed by atoms with Crippen LogP contribution in [0.4, 0.5) is 0 Å². The molecule has 88 valence electrons. The van der Waals surface area contributed by atoms with Crippen molar-refractivity contribution in [1.29, 1.82) is 5.41 Å². The molecule has 0 radical (unpaired) electrons. The molecule has 0 amide bonds. The minimum atomic E-state index is 0.278. The van der Waals surface area contributed by atoms with Crippen LogP contribution in [0, 0.1) is 5.41 Å². The second-order valence-electron chi connectivity index (χ2n) is 4.30. The summed E-state index contributed by atoms with van der Waals surface area (Å²) in [6.07, 6.45) is 5.57. The minimum absolute atomic E-state index is 0.278. The molecule has 0 aromatic carbocycles. The van der Waals surface area contributed by atoms with Crippen molar-refractivity contribution in [1.82, 2.24) is 14.5 Å². The summed E-state index contributed by atoms with van der Waals surface area (Å²) in [6, 6.07) is 0.378. The summed E-state index contributed by atoms with van der Waals surface area (Å²) in [5.74, 6) is 1.40. The average molecular weight is 221 g/mol. The predicted octanol–water partition coefficient (Wildman–Crippen LogP) is 0.803. The number of imidazole rings is 1. The first kappa shape index (κ1) is 11.1. The molecule has 16 heavy (non-hydrogen) atoms. The maximum Gasteiger partial charge on any atom is 0.122 e.